The van der Waals surface area contributed by atoms with E-state index in [0.717, 1.165) is 21.1 Å². The summed E-state index contributed by atoms with van der Waals surface area (Å²) < 4.78 is 118. The maximum atomic E-state index is 14.7. The second-order valence-electron chi connectivity index (χ2n) is 21.1. The van der Waals surface area contributed by atoms with Gasteiger partial charge in [-0.15, -0.1) is 0 Å². The average Bonchev–Trinajstić information content (AvgIpc) is 1.83. The molecule has 0 saturated heterocycles. The third-order valence-electron chi connectivity index (χ3n) is 15.7. The molecule has 10 heterocycles. The van der Waals surface area contributed by atoms with Gasteiger partial charge >= 0.3 is 0 Å². The topological polar surface area (TPSA) is 253 Å². The number of aromatic nitrogens is 7. The number of anilines is 2. The highest BCUT2D eigenvalue weighted by Gasteiger charge is 2.32. The maximum Gasteiger partial charge on any atom is 0.255 e. The summed E-state index contributed by atoms with van der Waals surface area (Å²) in [5, 5.41) is 11.3. The second-order valence-corrected chi connectivity index (χ2v) is 25.1. The predicted octanol–water partition coefficient (Wildman–Crippen LogP) is 10.6. The van der Waals surface area contributed by atoms with Crippen molar-refractivity contribution in [2.75, 3.05) is 55.9 Å². The highest BCUT2D eigenvalue weighted by molar-refractivity contribution is 7.92. The Balaban J connectivity index is 0.000000164. The van der Waals surface area contributed by atoms with Crippen molar-refractivity contribution < 1.29 is 58.3 Å². The van der Waals surface area contributed by atoms with E-state index >= 15 is 0 Å². The molecular formula is C63H53F2N11O11S2. The highest BCUT2D eigenvalue weighted by atomic mass is 32.2. The minimum atomic E-state index is -3.74. The number of benzene rings is 4. The fraction of sp³-hybridized carbons (Fsp3) is 0.175. The molecule has 2 amide bonds. The molecule has 0 spiro atoms. The lowest BCUT2D eigenvalue weighted by Crippen LogP contribution is -2.25. The van der Waals surface area contributed by atoms with Crippen LogP contribution in [0.4, 0.5) is 20.2 Å². The van der Waals surface area contributed by atoms with E-state index in [-0.39, 0.29) is 59.2 Å². The molecule has 89 heavy (non-hydrogen) atoms. The molecule has 22 nitrogen and oxygen atoms in total. The third kappa shape index (κ3) is 9.85. The van der Waals surface area contributed by atoms with Crippen LogP contribution in [0.3, 0.4) is 0 Å². The molecule has 452 valence electrons. The summed E-state index contributed by atoms with van der Waals surface area (Å²) in [4.78, 5) is 40.7. The normalized spacial score (nSPS) is 12.6. The number of nitrogens with one attached hydrogen (secondary N) is 2. The summed E-state index contributed by atoms with van der Waals surface area (Å²) >= 11 is 0. The van der Waals surface area contributed by atoms with Gasteiger partial charge in [-0.05, 0) is 85.8 Å². The molecule has 0 bridgehead atoms. The summed E-state index contributed by atoms with van der Waals surface area (Å²) in [5.74, 6) is 0.476. The molecule has 12 aromatic rings. The van der Waals surface area contributed by atoms with Gasteiger partial charge in [-0.1, -0.05) is 12.1 Å². The molecule has 2 aliphatic heterocycles. The molecule has 0 aliphatic carbocycles. The van der Waals surface area contributed by atoms with Crippen molar-refractivity contribution in [3.63, 3.8) is 0 Å². The third-order valence-corrected chi connectivity index (χ3v) is 18.1. The molecule has 4 aromatic carbocycles. The monoisotopic (exact) mass is 1240 g/mol. The van der Waals surface area contributed by atoms with E-state index in [4.69, 9.17) is 33.0 Å². The molecular weight excluding hydrogens is 1190 g/mol. The first-order valence-electron chi connectivity index (χ1n) is 27.6. The molecule has 26 heteroatoms. The molecule has 0 unspecified atom stereocenters. The van der Waals surface area contributed by atoms with Crippen LogP contribution >= 0.6 is 0 Å². The number of carbonyl (C=O) groups is 2. The van der Waals surface area contributed by atoms with Gasteiger partial charge in [0.2, 0.25) is 25.9 Å². The van der Waals surface area contributed by atoms with Crippen LogP contribution in [-0.4, -0.2) is 110 Å². The zero-order valence-electron chi connectivity index (χ0n) is 48.8. The van der Waals surface area contributed by atoms with E-state index in [1.54, 1.807) is 115 Å². The number of fused-ring (bicyclic) bond motifs is 12. The van der Waals surface area contributed by atoms with Crippen molar-refractivity contribution in [2.45, 2.75) is 20.4 Å². The van der Waals surface area contributed by atoms with Gasteiger partial charge in [0.1, 0.15) is 51.4 Å². The van der Waals surface area contributed by atoms with E-state index in [2.05, 4.69) is 20.7 Å². The summed E-state index contributed by atoms with van der Waals surface area (Å²) in [6.07, 6.45) is 7.05. The van der Waals surface area contributed by atoms with Crippen LogP contribution < -0.4 is 33.5 Å². The molecule has 14 rings (SSSR count). The zero-order valence-corrected chi connectivity index (χ0v) is 50.5. The SMILES string of the molecule is CCOc1ccc(-c2oc3cc(N(C)S(C)(=O)=O)c(-c4ccc5c(n4)-c4cc6c(F)cccc6n4CO5)cc3c2C(=O)NC)cn1.CNC(=O)c1c(-c2cnn(C)c2)oc2cc(N(C)S(C)(=O)=O)c(-c3ccc4c(n3)-c3cc5c(F)cccc5n3CO4)cc12. The van der Waals surface area contributed by atoms with Crippen molar-refractivity contribution >= 4 is 87.0 Å². The second kappa shape index (κ2) is 21.7. The van der Waals surface area contributed by atoms with E-state index in [1.807, 2.05) is 28.2 Å². The van der Waals surface area contributed by atoms with Crippen LogP contribution in [0.2, 0.25) is 0 Å². The van der Waals surface area contributed by atoms with Gasteiger partial charge in [0, 0.05) is 104 Å². The number of nitrogens with zero attached hydrogens (tertiary/aromatic N) is 9. The lowest BCUT2D eigenvalue weighted by atomic mass is 10.0. The molecule has 0 saturated carbocycles. The van der Waals surface area contributed by atoms with Crippen molar-refractivity contribution in [3.05, 3.63) is 151 Å². The lowest BCUT2D eigenvalue weighted by Gasteiger charge is -2.23. The number of rotatable bonds is 12. The van der Waals surface area contributed by atoms with Crippen molar-refractivity contribution in [3.8, 4) is 85.3 Å². The number of pyridine rings is 3. The summed E-state index contributed by atoms with van der Waals surface area (Å²) in [7, 11) is 0.204. The average molecular weight is 1240 g/mol. The fourth-order valence-electron chi connectivity index (χ4n) is 11.2. The van der Waals surface area contributed by atoms with Gasteiger partial charge < -0.3 is 42.8 Å². The Hall–Kier alpha value is -10.6. The molecule has 0 radical (unpaired) electrons. The van der Waals surface area contributed by atoms with Crippen molar-refractivity contribution in [1.29, 1.82) is 0 Å². The predicted molar refractivity (Wildman–Crippen MR) is 332 cm³/mol. The first-order valence-corrected chi connectivity index (χ1v) is 31.3. The van der Waals surface area contributed by atoms with Gasteiger partial charge in [-0.2, -0.15) is 5.10 Å². The first-order chi connectivity index (χ1) is 42.6. The summed E-state index contributed by atoms with van der Waals surface area (Å²) in [6, 6.07) is 30.1. The van der Waals surface area contributed by atoms with E-state index in [9.17, 15) is 35.2 Å². The number of sulfonamides is 2. The quantitative estimate of drug-likeness (QED) is 0.115. The Labute approximate surface area is 506 Å². The molecule has 2 aliphatic rings. The number of furan rings is 2. The van der Waals surface area contributed by atoms with E-state index < -0.39 is 26.0 Å². The number of amides is 2. The van der Waals surface area contributed by atoms with Crippen LogP contribution in [0, 0.1) is 11.6 Å². The largest absolute Gasteiger partial charge is 0.478 e. The Morgan fingerprint density at radius 2 is 1.11 bits per heavy atom. The van der Waals surface area contributed by atoms with Crippen LogP contribution in [0.15, 0.2) is 137 Å². The van der Waals surface area contributed by atoms with Crippen LogP contribution in [0.5, 0.6) is 17.4 Å². The molecule has 0 atom stereocenters. The highest BCUT2D eigenvalue weighted by Crippen LogP contribution is 2.47. The van der Waals surface area contributed by atoms with Crippen LogP contribution in [-0.2, 0) is 40.6 Å². The standard InChI is InChI=1S/C33H28FN5O6S.C30H25FN6O5S/c1-5-43-29-12-9-18(16-36-29)32-30(33(40)35-2)21-13-20(25(15-28(21)45-32)38(3)46(4,41)42)23-10-11-27-31(37-23)26-14-19-22(34)7-6-8-24(19)39(26)17-44-27;1-32-30(38)27-19-10-18(23(36(3)43(4,39)40)12-26(19)42-29(27)16-13-33-35(2)14-16)21-8-9-25-28(34-21)24-11-17-20(31)6-5-7-22(17)37(24)15-41-25/h6-16H,5,17H2,1-4H3,(H,35,40);5-14H,15H2,1-4H3,(H,32,38). The minimum absolute atomic E-state index is 0.179. The van der Waals surface area contributed by atoms with Gasteiger partial charge in [0.15, 0.2) is 19.2 Å². The van der Waals surface area contributed by atoms with Gasteiger partial charge in [0.05, 0.1) is 87.2 Å². The Morgan fingerprint density at radius 1 is 0.629 bits per heavy atom. The number of ether oxygens (including phenoxy) is 3. The van der Waals surface area contributed by atoms with Gasteiger partial charge in [-0.25, -0.2) is 40.6 Å². The van der Waals surface area contributed by atoms with Gasteiger partial charge in [0.25, 0.3) is 11.8 Å². The van der Waals surface area contributed by atoms with E-state index in [1.165, 1.54) is 40.3 Å². The Kier molecular flexibility index (Phi) is 14.0. The number of hydrogen-bond acceptors (Lipinski definition) is 15. The van der Waals surface area contributed by atoms with Crippen LogP contribution in [0.1, 0.15) is 27.6 Å². The van der Waals surface area contributed by atoms with Crippen molar-refractivity contribution in [2.24, 2.45) is 7.05 Å². The zero-order chi connectivity index (χ0) is 62.5. The number of aryl methyl sites for hydroxylation is 1. The summed E-state index contributed by atoms with van der Waals surface area (Å²) in [5.41, 5.74) is 8.07. The smallest absolute Gasteiger partial charge is 0.255 e. The molecule has 8 aromatic heterocycles. The maximum absolute atomic E-state index is 14.7. The Morgan fingerprint density at radius 3 is 1.53 bits per heavy atom. The van der Waals surface area contributed by atoms with Crippen LogP contribution in [0.25, 0.3) is 112 Å². The lowest BCUT2D eigenvalue weighted by molar-refractivity contribution is 0.0956. The van der Waals surface area contributed by atoms with E-state index in [0.29, 0.717) is 130 Å². The number of carbonyl (C=O) groups excluding carboxylic acids is 2. The number of hydrogen-bond donors (Lipinski definition) is 2. The van der Waals surface area contributed by atoms with Gasteiger partial charge in [-0.3, -0.25) is 22.9 Å². The molecule has 2 N–H and O–H groups in total. The summed E-state index contributed by atoms with van der Waals surface area (Å²) in [6.45, 7) is 2.66. The van der Waals surface area contributed by atoms with Crippen molar-refractivity contribution in [1.82, 2.24) is 44.5 Å². The molecule has 0 fully saturated rings. The Bertz CT molecular complexity index is 5170. The number of halogens is 2. The minimum Gasteiger partial charge on any atom is -0.478 e. The first kappa shape index (κ1) is 57.5. The fourth-order valence-corrected chi connectivity index (χ4v) is 12.2.